The summed E-state index contributed by atoms with van der Waals surface area (Å²) < 4.78 is 0. The van der Waals surface area contributed by atoms with Crippen molar-refractivity contribution in [1.82, 2.24) is 0 Å². The van der Waals surface area contributed by atoms with Crippen LogP contribution in [0.15, 0.2) is 18.2 Å². The first-order valence-electron chi connectivity index (χ1n) is 4.41. The molecule has 1 aromatic carbocycles. The van der Waals surface area contributed by atoms with E-state index in [1.807, 2.05) is 6.07 Å². The number of phenols is 2. The summed E-state index contributed by atoms with van der Waals surface area (Å²) in [5, 5.41) is 18.9. The summed E-state index contributed by atoms with van der Waals surface area (Å²) in [5.74, 6) is -0.0670. The van der Waals surface area contributed by atoms with E-state index in [4.69, 9.17) is 5.73 Å². The normalized spacial score (nSPS) is 18.5. The average Bonchev–Trinajstić information content (AvgIpc) is 2.90. The molecule has 0 atom stereocenters. The lowest BCUT2D eigenvalue weighted by Gasteiger charge is -2.14. The van der Waals surface area contributed by atoms with E-state index in [9.17, 15) is 10.2 Å². The van der Waals surface area contributed by atoms with Gasteiger partial charge < -0.3 is 15.9 Å². The zero-order chi connectivity index (χ0) is 9.47. The molecule has 0 heterocycles. The second-order valence-corrected chi connectivity index (χ2v) is 3.66. The lowest BCUT2D eigenvalue weighted by molar-refractivity contribution is 0.394. The summed E-state index contributed by atoms with van der Waals surface area (Å²) in [7, 11) is 0. The number of aromatic hydroxyl groups is 2. The number of nitrogens with two attached hydrogens (primary N) is 1. The van der Waals surface area contributed by atoms with Crippen LogP contribution in [-0.4, -0.2) is 16.8 Å². The number of para-hydroxylation sites is 1. The third kappa shape index (κ3) is 1.16. The predicted molar refractivity (Wildman–Crippen MR) is 49.7 cm³/mol. The summed E-state index contributed by atoms with van der Waals surface area (Å²) in [6, 6.07) is 5.04. The first-order valence-corrected chi connectivity index (χ1v) is 4.41. The fraction of sp³-hybridized carbons (Fsp3) is 0.400. The molecule has 3 heteroatoms. The van der Waals surface area contributed by atoms with Gasteiger partial charge in [0.05, 0.1) is 0 Å². The Morgan fingerprint density at radius 2 is 2.00 bits per heavy atom. The summed E-state index contributed by atoms with van der Waals surface area (Å²) in [5.41, 5.74) is 6.35. The van der Waals surface area contributed by atoms with Crippen LogP contribution >= 0.6 is 0 Å². The van der Waals surface area contributed by atoms with Crippen LogP contribution in [0.4, 0.5) is 0 Å². The van der Waals surface area contributed by atoms with Gasteiger partial charge >= 0.3 is 0 Å². The number of rotatable bonds is 2. The quantitative estimate of drug-likeness (QED) is 0.595. The highest BCUT2D eigenvalue weighted by molar-refractivity contribution is 5.50. The summed E-state index contributed by atoms with van der Waals surface area (Å²) in [6.07, 6.45) is 2.00. The molecule has 1 fully saturated rings. The van der Waals surface area contributed by atoms with Gasteiger partial charge in [0.1, 0.15) is 0 Å². The smallest absolute Gasteiger partial charge is 0.161 e. The minimum Gasteiger partial charge on any atom is -0.504 e. The minimum absolute atomic E-state index is 0.00884. The molecule has 0 aromatic heterocycles. The van der Waals surface area contributed by atoms with E-state index in [1.54, 1.807) is 6.07 Å². The monoisotopic (exact) mass is 179 g/mol. The fourth-order valence-corrected chi connectivity index (χ4v) is 1.69. The molecule has 0 unspecified atom stereocenters. The Balaban J connectivity index is 2.46. The zero-order valence-corrected chi connectivity index (χ0v) is 7.33. The van der Waals surface area contributed by atoms with Crippen LogP contribution in [0, 0.1) is 0 Å². The zero-order valence-electron chi connectivity index (χ0n) is 7.33. The number of phenolic OH excluding ortho intramolecular Hbond substituents is 2. The molecule has 1 aliphatic rings. The largest absolute Gasteiger partial charge is 0.504 e. The van der Waals surface area contributed by atoms with Gasteiger partial charge in [-0.25, -0.2) is 0 Å². The van der Waals surface area contributed by atoms with Crippen molar-refractivity contribution < 1.29 is 10.2 Å². The second-order valence-electron chi connectivity index (χ2n) is 3.66. The van der Waals surface area contributed by atoms with E-state index in [0.717, 1.165) is 18.4 Å². The lowest BCUT2D eigenvalue weighted by Crippen LogP contribution is -2.19. The van der Waals surface area contributed by atoms with Crippen molar-refractivity contribution in [1.29, 1.82) is 0 Å². The third-order valence-electron chi connectivity index (χ3n) is 2.83. The summed E-state index contributed by atoms with van der Waals surface area (Å²) in [6.45, 7) is 0.532. The summed E-state index contributed by atoms with van der Waals surface area (Å²) >= 11 is 0. The van der Waals surface area contributed by atoms with Crippen LogP contribution in [-0.2, 0) is 5.41 Å². The summed E-state index contributed by atoms with van der Waals surface area (Å²) in [4.78, 5) is 0. The van der Waals surface area contributed by atoms with Crippen LogP contribution in [0.2, 0.25) is 0 Å². The van der Waals surface area contributed by atoms with Crippen molar-refractivity contribution in [3.05, 3.63) is 23.8 Å². The van der Waals surface area contributed by atoms with E-state index in [1.165, 1.54) is 6.07 Å². The molecular formula is C10H13NO2. The molecule has 13 heavy (non-hydrogen) atoms. The fourth-order valence-electron chi connectivity index (χ4n) is 1.69. The molecule has 1 saturated carbocycles. The van der Waals surface area contributed by atoms with Gasteiger partial charge in [-0.15, -0.1) is 0 Å². The van der Waals surface area contributed by atoms with Gasteiger partial charge in [-0.3, -0.25) is 0 Å². The van der Waals surface area contributed by atoms with Gasteiger partial charge in [-0.05, 0) is 18.9 Å². The van der Waals surface area contributed by atoms with Crippen LogP contribution in [0.3, 0.4) is 0 Å². The lowest BCUT2D eigenvalue weighted by atomic mass is 9.95. The number of hydrogen-bond acceptors (Lipinski definition) is 3. The molecule has 3 nitrogen and oxygen atoms in total. The highest BCUT2D eigenvalue weighted by atomic mass is 16.3. The molecule has 0 amide bonds. The van der Waals surface area contributed by atoms with Crippen molar-refractivity contribution in [3.8, 4) is 11.5 Å². The maximum atomic E-state index is 9.60. The molecule has 0 radical (unpaired) electrons. The van der Waals surface area contributed by atoms with E-state index in [2.05, 4.69) is 0 Å². The van der Waals surface area contributed by atoms with Crippen LogP contribution in [0.25, 0.3) is 0 Å². The molecule has 0 saturated heterocycles. The molecule has 0 bridgehead atoms. The predicted octanol–water partition coefficient (Wildman–Crippen LogP) is 1.09. The number of benzene rings is 1. The number of hydrogen-bond donors (Lipinski definition) is 3. The second kappa shape index (κ2) is 2.64. The topological polar surface area (TPSA) is 66.5 Å². The molecule has 0 spiro atoms. The molecule has 2 rings (SSSR count). The van der Waals surface area contributed by atoms with Crippen molar-refractivity contribution in [2.75, 3.05) is 6.54 Å². The molecule has 1 aliphatic carbocycles. The Morgan fingerprint density at radius 3 is 2.54 bits per heavy atom. The van der Waals surface area contributed by atoms with E-state index in [-0.39, 0.29) is 16.9 Å². The van der Waals surface area contributed by atoms with Gasteiger partial charge in [0, 0.05) is 17.5 Å². The van der Waals surface area contributed by atoms with Crippen LogP contribution in [0.1, 0.15) is 18.4 Å². The van der Waals surface area contributed by atoms with Gasteiger partial charge in [0.2, 0.25) is 0 Å². The first kappa shape index (κ1) is 8.38. The van der Waals surface area contributed by atoms with Gasteiger partial charge in [-0.1, -0.05) is 12.1 Å². The van der Waals surface area contributed by atoms with E-state index in [0.29, 0.717) is 6.54 Å². The van der Waals surface area contributed by atoms with Crippen LogP contribution in [0.5, 0.6) is 11.5 Å². The Morgan fingerprint density at radius 1 is 1.31 bits per heavy atom. The van der Waals surface area contributed by atoms with Crippen molar-refractivity contribution >= 4 is 0 Å². The Kier molecular flexibility index (Phi) is 1.70. The maximum absolute atomic E-state index is 9.60. The Bertz CT molecular complexity index is 332. The van der Waals surface area contributed by atoms with E-state index < -0.39 is 0 Å². The van der Waals surface area contributed by atoms with Crippen molar-refractivity contribution in [3.63, 3.8) is 0 Å². The highest BCUT2D eigenvalue weighted by Crippen LogP contribution is 2.51. The molecule has 0 aliphatic heterocycles. The first-order chi connectivity index (χ1) is 6.19. The Hall–Kier alpha value is -1.22. The van der Waals surface area contributed by atoms with E-state index >= 15 is 0 Å². The van der Waals surface area contributed by atoms with Gasteiger partial charge in [0.15, 0.2) is 11.5 Å². The highest BCUT2D eigenvalue weighted by Gasteiger charge is 2.44. The minimum atomic E-state index is -0.0666. The van der Waals surface area contributed by atoms with Gasteiger partial charge in [-0.2, -0.15) is 0 Å². The van der Waals surface area contributed by atoms with Gasteiger partial charge in [0.25, 0.3) is 0 Å². The average molecular weight is 179 g/mol. The Labute approximate surface area is 76.8 Å². The SMILES string of the molecule is NCC1(c2cccc(O)c2O)CC1. The van der Waals surface area contributed by atoms with Crippen LogP contribution < -0.4 is 5.73 Å². The molecule has 4 N–H and O–H groups in total. The van der Waals surface area contributed by atoms with Crippen molar-refractivity contribution in [2.45, 2.75) is 18.3 Å². The van der Waals surface area contributed by atoms with Crippen molar-refractivity contribution in [2.24, 2.45) is 5.73 Å². The third-order valence-corrected chi connectivity index (χ3v) is 2.83. The maximum Gasteiger partial charge on any atom is 0.161 e. The standard InChI is InChI=1S/C10H13NO2/c11-6-10(4-5-10)7-2-1-3-8(12)9(7)13/h1-3,12-13H,4-6,11H2. The molecular weight excluding hydrogens is 166 g/mol. The molecule has 1 aromatic rings. The molecule has 70 valence electrons.